The van der Waals surface area contributed by atoms with Crippen molar-refractivity contribution in [2.24, 2.45) is 0 Å². The van der Waals surface area contributed by atoms with Gasteiger partial charge in [0.05, 0.1) is 13.0 Å². The predicted molar refractivity (Wildman–Crippen MR) is 102 cm³/mol. The van der Waals surface area contributed by atoms with Gasteiger partial charge >= 0.3 is 12.6 Å². The van der Waals surface area contributed by atoms with Crippen LogP contribution in [0, 0.1) is 0 Å². The number of ether oxygens (including phenoxy) is 3. The Kier molecular flexibility index (Phi) is 8.39. The lowest BCUT2D eigenvalue weighted by Gasteiger charge is -2.15. The molecule has 0 spiro atoms. The average molecular weight is 407 g/mol. The summed E-state index contributed by atoms with van der Waals surface area (Å²) in [5.74, 6) is -1.36. The third-order valence-electron chi connectivity index (χ3n) is 4.17. The van der Waals surface area contributed by atoms with Crippen LogP contribution in [0.1, 0.15) is 30.4 Å². The Labute approximate surface area is 167 Å². The number of esters is 1. The summed E-state index contributed by atoms with van der Waals surface area (Å²) in [6, 6.07) is 13.5. The second-order valence-electron chi connectivity index (χ2n) is 6.12. The number of alkyl halides is 2. The molecule has 0 saturated heterocycles. The normalized spacial score (nSPS) is 11.6. The van der Waals surface area contributed by atoms with E-state index in [1.54, 1.807) is 0 Å². The van der Waals surface area contributed by atoms with Crippen LogP contribution >= 0.6 is 0 Å². The summed E-state index contributed by atoms with van der Waals surface area (Å²) >= 11 is 0. The molecule has 2 aromatic rings. The fourth-order valence-electron chi connectivity index (χ4n) is 2.73. The maximum Gasteiger partial charge on any atom is 0.387 e. The molecule has 0 bridgehead atoms. The first kappa shape index (κ1) is 22.1. The summed E-state index contributed by atoms with van der Waals surface area (Å²) in [6.07, 6.45) is 0.553. The van der Waals surface area contributed by atoms with Crippen LogP contribution in [0.15, 0.2) is 48.5 Å². The highest BCUT2D eigenvalue weighted by Crippen LogP contribution is 2.29. The van der Waals surface area contributed by atoms with Crippen molar-refractivity contribution >= 4 is 11.9 Å². The van der Waals surface area contributed by atoms with Gasteiger partial charge in [-0.1, -0.05) is 43.3 Å². The van der Waals surface area contributed by atoms with E-state index in [0.717, 1.165) is 5.56 Å². The van der Waals surface area contributed by atoms with Crippen LogP contribution in [0.2, 0.25) is 0 Å². The standard InChI is InChI=1S/C21H23F2NO5/c1-3-16(15-7-5-4-6-8-15)20(26)28-13-19(25)24-12-14-9-10-17(29-21(22)23)18(11-14)27-2/h4-11,16,21H,3,12-13H2,1-2H3,(H,24,25)/t16-/m0/s1. The number of rotatable bonds is 10. The molecule has 1 N–H and O–H groups in total. The van der Waals surface area contributed by atoms with Gasteiger partial charge in [0.2, 0.25) is 0 Å². The smallest absolute Gasteiger partial charge is 0.387 e. The van der Waals surface area contributed by atoms with Gasteiger partial charge in [0, 0.05) is 6.54 Å². The SMILES string of the molecule is CC[C@H](C(=O)OCC(=O)NCc1ccc(OC(F)F)c(OC)c1)c1ccccc1. The monoisotopic (exact) mass is 407 g/mol. The summed E-state index contributed by atoms with van der Waals surface area (Å²) < 4.78 is 39.2. The van der Waals surface area contributed by atoms with Gasteiger partial charge < -0.3 is 19.5 Å². The number of nitrogens with one attached hydrogen (secondary N) is 1. The number of hydrogen-bond donors (Lipinski definition) is 1. The van der Waals surface area contributed by atoms with Crippen molar-refractivity contribution < 1.29 is 32.6 Å². The van der Waals surface area contributed by atoms with Gasteiger partial charge in [0.1, 0.15) is 0 Å². The zero-order valence-electron chi connectivity index (χ0n) is 16.2. The first-order chi connectivity index (χ1) is 13.9. The van der Waals surface area contributed by atoms with Crippen LogP contribution in [0.25, 0.3) is 0 Å². The molecule has 2 rings (SSSR count). The summed E-state index contributed by atoms with van der Waals surface area (Å²) in [6.45, 7) is -1.40. The first-order valence-electron chi connectivity index (χ1n) is 9.04. The molecule has 0 saturated carbocycles. The summed E-state index contributed by atoms with van der Waals surface area (Å²) in [7, 11) is 1.33. The van der Waals surface area contributed by atoms with E-state index in [0.29, 0.717) is 12.0 Å². The van der Waals surface area contributed by atoms with E-state index in [1.807, 2.05) is 37.3 Å². The third kappa shape index (κ3) is 6.74. The highest BCUT2D eigenvalue weighted by Gasteiger charge is 2.21. The van der Waals surface area contributed by atoms with E-state index in [4.69, 9.17) is 9.47 Å². The fraction of sp³-hybridized carbons (Fsp3) is 0.333. The van der Waals surface area contributed by atoms with Crippen LogP contribution in [0.4, 0.5) is 8.78 Å². The number of halogens is 2. The van der Waals surface area contributed by atoms with Gasteiger partial charge in [-0.05, 0) is 29.7 Å². The lowest BCUT2D eigenvalue weighted by molar-refractivity contribution is -0.150. The van der Waals surface area contributed by atoms with Crippen molar-refractivity contribution in [3.8, 4) is 11.5 Å². The number of carbonyl (C=O) groups is 2. The molecule has 6 nitrogen and oxygen atoms in total. The van der Waals surface area contributed by atoms with Crippen molar-refractivity contribution in [1.82, 2.24) is 5.32 Å². The van der Waals surface area contributed by atoms with Crippen molar-refractivity contribution in [2.45, 2.75) is 32.4 Å². The van der Waals surface area contributed by atoms with E-state index in [2.05, 4.69) is 10.1 Å². The summed E-state index contributed by atoms with van der Waals surface area (Å²) in [5.41, 5.74) is 1.44. The Morgan fingerprint density at radius 3 is 2.41 bits per heavy atom. The third-order valence-corrected chi connectivity index (χ3v) is 4.17. The lowest BCUT2D eigenvalue weighted by Crippen LogP contribution is -2.29. The number of amides is 1. The van der Waals surface area contributed by atoms with Gasteiger partial charge in [0.15, 0.2) is 18.1 Å². The molecule has 0 fully saturated rings. The number of hydrogen-bond acceptors (Lipinski definition) is 5. The largest absolute Gasteiger partial charge is 0.493 e. The van der Waals surface area contributed by atoms with E-state index >= 15 is 0 Å². The first-order valence-corrected chi connectivity index (χ1v) is 9.04. The van der Waals surface area contributed by atoms with E-state index in [9.17, 15) is 18.4 Å². The molecule has 0 aromatic heterocycles. The highest BCUT2D eigenvalue weighted by atomic mass is 19.3. The maximum atomic E-state index is 12.4. The molecule has 0 aliphatic heterocycles. The van der Waals surface area contributed by atoms with Crippen molar-refractivity contribution in [1.29, 1.82) is 0 Å². The number of carbonyl (C=O) groups excluding carboxylic acids is 2. The second-order valence-corrected chi connectivity index (χ2v) is 6.12. The number of benzene rings is 2. The highest BCUT2D eigenvalue weighted by molar-refractivity contribution is 5.83. The van der Waals surface area contributed by atoms with Crippen molar-refractivity contribution in [3.05, 3.63) is 59.7 Å². The Hall–Kier alpha value is -3.16. The molecule has 0 unspecified atom stereocenters. The van der Waals surface area contributed by atoms with Crippen LogP contribution in [-0.2, 0) is 20.9 Å². The predicted octanol–water partition coefficient (Wildman–Crippen LogP) is 3.65. The zero-order chi connectivity index (χ0) is 21.2. The molecule has 1 amide bonds. The minimum absolute atomic E-state index is 0.0991. The Morgan fingerprint density at radius 2 is 1.79 bits per heavy atom. The van der Waals surface area contributed by atoms with Crippen LogP contribution in [0.5, 0.6) is 11.5 Å². The molecule has 0 aliphatic rings. The zero-order valence-corrected chi connectivity index (χ0v) is 16.2. The molecule has 2 aromatic carbocycles. The van der Waals surface area contributed by atoms with Crippen LogP contribution in [0.3, 0.4) is 0 Å². The fourth-order valence-corrected chi connectivity index (χ4v) is 2.73. The Balaban J connectivity index is 1.86. The van der Waals surface area contributed by atoms with Crippen molar-refractivity contribution in [2.75, 3.05) is 13.7 Å². The topological polar surface area (TPSA) is 73.9 Å². The van der Waals surface area contributed by atoms with Crippen LogP contribution < -0.4 is 14.8 Å². The molecular weight excluding hydrogens is 384 g/mol. The van der Waals surface area contributed by atoms with Gasteiger partial charge in [0.25, 0.3) is 5.91 Å². The van der Waals surface area contributed by atoms with E-state index in [1.165, 1.54) is 25.3 Å². The minimum atomic E-state index is -2.97. The van der Waals surface area contributed by atoms with E-state index in [-0.39, 0.29) is 18.0 Å². The second kappa shape index (κ2) is 11.0. The molecular formula is C21H23F2NO5. The lowest BCUT2D eigenvalue weighted by atomic mass is 9.97. The molecule has 0 heterocycles. The maximum absolute atomic E-state index is 12.4. The molecule has 0 radical (unpaired) electrons. The van der Waals surface area contributed by atoms with E-state index < -0.39 is 31.0 Å². The Bertz CT molecular complexity index is 814. The minimum Gasteiger partial charge on any atom is -0.493 e. The molecule has 0 aliphatic carbocycles. The molecule has 1 atom stereocenters. The van der Waals surface area contributed by atoms with Gasteiger partial charge in [-0.25, -0.2) is 0 Å². The van der Waals surface area contributed by atoms with Gasteiger partial charge in [-0.15, -0.1) is 0 Å². The molecule has 29 heavy (non-hydrogen) atoms. The Morgan fingerprint density at radius 1 is 1.07 bits per heavy atom. The quantitative estimate of drug-likeness (QED) is 0.609. The van der Waals surface area contributed by atoms with Crippen molar-refractivity contribution in [3.63, 3.8) is 0 Å². The molecule has 8 heteroatoms. The summed E-state index contributed by atoms with van der Waals surface area (Å²) in [4.78, 5) is 24.3. The average Bonchev–Trinajstić information content (AvgIpc) is 2.72. The number of methoxy groups -OCH3 is 1. The van der Waals surface area contributed by atoms with Gasteiger partial charge in [-0.3, -0.25) is 9.59 Å². The summed E-state index contributed by atoms with van der Waals surface area (Å²) in [5, 5.41) is 2.60. The van der Waals surface area contributed by atoms with Gasteiger partial charge in [-0.2, -0.15) is 8.78 Å². The van der Waals surface area contributed by atoms with Crippen LogP contribution in [-0.4, -0.2) is 32.2 Å². The molecule has 156 valence electrons.